The predicted octanol–water partition coefficient (Wildman–Crippen LogP) is 2.11. The van der Waals surface area contributed by atoms with Crippen LogP contribution in [0.15, 0.2) is 24.3 Å². The topological polar surface area (TPSA) is 63.3 Å². The van der Waals surface area contributed by atoms with E-state index in [4.69, 9.17) is 10.8 Å². The van der Waals surface area contributed by atoms with Gasteiger partial charge in [0.1, 0.15) is 0 Å². The Morgan fingerprint density at radius 2 is 2.25 bits per heavy atom. The Bertz CT molecular complexity index is 385. The van der Waals surface area contributed by atoms with Crippen molar-refractivity contribution in [1.29, 1.82) is 0 Å². The molecule has 1 fully saturated rings. The van der Waals surface area contributed by atoms with Gasteiger partial charge in [0.15, 0.2) is 0 Å². The van der Waals surface area contributed by atoms with Crippen molar-refractivity contribution in [3.05, 3.63) is 35.4 Å². The summed E-state index contributed by atoms with van der Waals surface area (Å²) < 4.78 is 0. The Labute approximate surface area is 95.3 Å². The Balaban J connectivity index is 2.03. The molecular weight excluding hydrogens is 202 g/mol. The molecule has 1 saturated carbocycles. The van der Waals surface area contributed by atoms with Crippen LogP contribution in [-0.4, -0.2) is 11.1 Å². The van der Waals surface area contributed by atoms with E-state index in [9.17, 15) is 4.79 Å². The quantitative estimate of drug-likeness (QED) is 0.797. The molecule has 3 N–H and O–H groups in total. The van der Waals surface area contributed by atoms with Gasteiger partial charge in [-0.05, 0) is 36.3 Å². The largest absolute Gasteiger partial charge is 0.481 e. The first-order valence-electron chi connectivity index (χ1n) is 5.73. The summed E-state index contributed by atoms with van der Waals surface area (Å²) >= 11 is 0. The molecule has 1 unspecified atom stereocenters. The number of rotatable bonds is 5. The second-order valence-electron chi connectivity index (χ2n) is 4.50. The van der Waals surface area contributed by atoms with Crippen LogP contribution in [0.1, 0.15) is 36.4 Å². The average molecular weight is 219 g/mol. The number of carboxylic acids is 1. The molecular formula is C13H17NO2. The molecule has 1 aromatic carbocycles. The van der Waals surface area contributed by atoms with Gasteiger partial charge in [-0.1, -0.05) is 24.3 Å². The molecule has 0 heterocycles. The monoisotopic (exact) mass is 219 g/mol. The van der Waals surface area contributed by atoms with Gasteiger partial charge in [-0.25, -0.2) is 0 Å². The van der Waals surface area contributed by atoms with Gasteiger partial charge in [-0.15, -0.1) is 0 Å². The predicted molar refractivity (Wildman–Crippen MR) is 62.1 cm³/mol. The molecule has 0 amide bonds. The van der Waals surface area contributed by atoms with Crippen molar-refractivity contribution in [3.8, 4) is 0 Å². The van der Waals surface area contributed by atoms with Crippen LogP contribution < -0.4 is 5.73 Å². The maximum Gasteiger partial charge on any atom is 0.303 e. The molecule has 3 nitrogen and oxygen atoms in total. The number of hydrogen-bond donors (Lipinski definition) is 2. The number of aliphatic carboxylic acids is 1. The Morgan fingerprint density at radius 1 is 1.50 bits per heavy atom. The molecule has 0 aromatic heterocycles. The highest BCUT2D eigenvalue weighted by atomic mass is 16.4. The zero-order valence-electron chi connectivity index (χ0n) is 9.23. The highest BCUT2D eigenvalue weighted by molar-refractivity contribution is 5.67. The minimum Gasteiger partial charge on any atom is -0.481 e. The van der Waals surface area contributed by atoms with Gasteiger partial charge in [0.2, 0.25) is 0 Å². The SMILES string of the molecule is NC(c1cccc(CCC(=O)O)c1)C1CC1. The number of benzene rings is 1. The minimum absolute atomic E-state index is 0.129. The van der Waals surface area contributed by atoms with Crippen molar-refractivity contribution >= 4 is 5.97 Å². The molecule has 0 aliphatic heterocycles. The standard InChI is InChI=1S/C13H17NO2/c14-13(10-5-6-10)11-3-1-2-9(8-11)4-7-12(15)16/h1-3,8,10,13H,4-7,14H2,(H,15,16). The van der Waals surface area contributed by atoms with Gasteiger partial charge >= 0.3 is 5.97 Å². The van der Waals surface area contributed by atoms with Crippen LogP contribution in [0.2, 0.25) is 0 Å². The summed E-state index contributed by atoms with van der Waals surface area (Å²) in [5, 5.41) is 8.63. The van der Waals surface area contributed by atoms with Crippen LogP contribution in [0.3, 0.4) is 0 Å². The van der Waals surface area contributed by atoms with Crippen LogP contribution in [0, 0.1) is 5.92 Å². The molecule has 0 saturated heterocycles. The maximum absolute atomic E-state index is 10.5. The van der Waals surface area contributed by atoms with Crippen LogP contribution in [0.4, 0.5) is 0 Å². The first-order chi connectivity index (χ1) is 7.66. The zero-order valence-corrected chi connectivity index (χ0v) is 9.23. The second-order valence-corrected chi connectivity index (χ2v) is 4.50. The molecule has 3 heteroatoms. The third kappa shape index (κ3) is 2.83. The molecule has 1 atom stereocenters. The Kier molecular flexibility index (Phi) is 3.25. The number of hydrogen-bond acceptors (Lipinski definition) is 2. The van der Waals surface area contributed by atoms with E-state index >= 15 is 0 Å². The normalized spacial score (nSPS) is 17.1. The van der Waals surface area contributed by atoms with Crippen LogP contribution >= 0.6 is 0 Å². The van der Waals surface area contributed by atoms with E-state index in [1.807, 2.05) is 24.3 Å². The number of nitrogens with two attached hydrogens (primary N) is 1. The summed E-state index contributed by atoms with van der Waals surface area (Å²) in [6.07, 6.45) is 3.21. The highest BCUT2D eigenvalue weighted by Crippen LogP contribution is 2.39. The van der Waals surface area contributed by atoms with Gasteiger partial charge < -0.3 is 10.8 Å². The van der Waals surface area contributed by atoms with E-state index in [0.717, 1.165) is 11.1 Å². The number of carboxylic acid groups (broad SMARTS) is 1. The zero-order chi connectivity index (χ0) is 11.5. The van der Waals surface area contributed by atoms with Gasteiger partial charge in [0.25, 0.3) is 0 Å². The van der Waals surface area contributed by atoms with Crippen molar-refractivity contribution in [3.63, 3.8) is 0 Å². The van der Waals surface area contributed by atoms with Gasteiger partial charge in [0.05, 0.1) is 0 Å². The van der Waals surface area contributed by atoms with Crippen molar-refractivity contribution in [2.75, 3.05) is 0 Å². The van der Waals surface area contributed by atoms with E-state index in [2.05, 4.69) is 0 Å². The van der Waals surface area contributed by atoms with Crippen molar-refractivity contribution in [2.45, 2.75) is 31.7 Å². The molecule has 1 aromatic rings. The molecule has 86 valence electrons. The van der Waals surface area contributed by atoms with E-state index in [0.29, 0.717) is 12.3 Å². The Hall–Kier alpha value is -1.35. The molecule has 0 bridgehead atoms. The van der Waals surface area contributed by atoms with Crippen LogP contribution in [-0.2, 0) is 11.2 Å². The average Bonchev–Trinajstić information content (AvgIpc) is 3.09. The van der Waals surface area contributed by atoms with E-state index in [-0.39, 0.29) is 12.5 Å². The lowest BCUT2D eigenvalue weighted by Gasteiger charge is -2.11. The fourth-order valence-electron chi connectivity index (χ4n) is 1.93. The van der Waals surface area contributed by atoms with Crippen LogP contribution in [0.25, 0.3) is 0 Å². The number of aryl methyl sites for hydroxylation is 1. The molecule has 2 rings (SSSR count). The lowest BCUT2D eigenvalue weighted by atomic mass is 9.99. The summed E-state index contributed by atoms with van der Waals surface area (Å²) in [6.45, 7) is 0. The maximum atomic E-state index is 10.5. The second kappa shape index (κ2) is 4.66. The lowest BCUT2D eigenvalue weighted by molar-refractivity contribution is -0.136. The van der Waals surface area contributed by atoms with Crippen molar-refractivity contribution < 1.29 is 9.90 Å². The first-order valence-corrected chi connectivity index (χ1v) is 5.73. The summed E-state index contributed by atoms with van der Waals surface area (Å²) in [7, 11) is 0. The lowest BCUT2D eigenvalue weighted by Crippen LogP contribution is -2.12. The summed E-state index contributed by atoms with van der Waals surface area (Å²) in [5.74, 6) is -0.119. The Morgan fingerprint density at radius 3 is 2.88 bits per heavy atom. The van der Waals surface area contributed by atoms with Crippen molar-refractivity contribution in [2.24, 2.45) is 11.7 Å². The fraction of sp³-hybridized carbons (Fsp3) is 0.462. The van der Waals surface area contributed by atoms with E-state index < -0.39 is 5.97 Å². The summed E-state index contributed by atoms with van der Waals surface area (Å²) in [5.41, 5.74) is 8.32. The number of carbonyl (C=O) groups is 1. The van der Waals surface area contributed by atoms with E-state index in [1.165, 1.54) is 12.8 Å². The van der Waals surface area contributed by atoms with Gasteiger partial charge in [-0.3, -0.25) is 4.79 Å². The summed E-state index contributed by atoms with van der Waals surface area (Å²) in [4.78, 5) is 10.5. The molecule has 0 radical (unpaired) electrons. The molecule has 16 heavy (non-hydrogen) atoms. The van der Waals surface area contributed by atoms with Gasteiger partial charge in [-0.2, -0.15) is 0 Å². The highest BCUT2D eigenvalue weighted by Gasteiger charge is 2.29. The third-order valence-electron chi connectivity index (χ3n) is 3.09. The smallest absolute Gasteiger partial charge is 0.303 e. The van der Waals surface area contributed by atoms with E-state index in [1.54, 1.807) is 0 Å². The summed E-state index contributed by atoms with van der Waals surface area (Å²) in [6, 6.07) is 8.14. The van der Waals surface area contributed by atoms with Crippen molar-refractivity contribution in [1.82, 2.24) is 0 Å². The van der Waals surface area contributed by atoms with Crippen LogP contribution in [0.5, 0.6) is 0 Å². The first kappa shape index (κ1) is 11.1. The third-order valence-corrected chi connectivity index (χ3v) is 3.09. The van der Waals surface area contributed by atoms with Gasteiger partial charge in [0, 0.05) is 12.5 Å². The molecule has 1 aliphatic carbocycles. The fourth-order valence-corrected chi connectivity index (χ4v) is 1.93. The molecule has 0 spiro atoms. The minimum atomic E-state index is -0.753. The molecule has 1 aliphatic rings.